The largest absolute Gasteiger partial charge is 0.252 e. The van der Waals surface area contributed by atoms with Crippen LogP contribution in [0.15, 0.2) is 77.9 Å². The number of nitrogens with zero attached hydrogens (tertiary/aromatic N) is 3. The van der Waals surface area contributed by atoms with Crippen LogP contribution in [0.2, 0.25) is 10.0 Å². The number of hydrogen-bond acceptors (Lipinski definition) is 4. The predicted octanol–water partition coefficient (Wildman–Crippen LogP) is 6.63. The summed E-state index contributed by atoms with van der Waals surface area (Å²) >= 11 is 12.8. The average Bonchev–Trinajstić information content (AvgIpc) is 3.25. The maximum absolute atomic E-state index is 12.7. The molecule has 0 N–H and O–H groups in total. The van der Waals surface area contributed by atoms with Gasteiger partial charge in [0.2, 0.25) is 10.0 Å². The number of sulfonamides is 1. The van der Waals surface area contributed by atoms with Crippen molar-refractivity contribution < 1.29 is 8.42 Å². The fourth-order valence-electron chi connectivity index (χ4n) is 4.54. The Morgan fingerprint density at radius 2 is 1.65 bits per heavy atom. The molecule has 172 valence electrons. The van der Waals surface area contributed by atoms with Crippen LogP contribution in [-0.2, 0) is 10.0 Å². The molecule has 1 atom stereocenters. The summed E-state index contributed by atoms with van der Waals surface area (Å²) in [6.07, 6.45) is 1.53. The zero-order valence-electron chi connectivity index (χ0n) is 18.5. The van der Waals surface area contributed by atoms with Gasteiger partial charge in [0.05, 0.1) is 23.5 Å². The van der Waals surface area contributed by atoms with Crippen LogP contribution in [0.25, 0.3) is 22.0 Å². The van der Waals surface area contributed by atoms with E-state index in [2.05, 4.69) is 5.10 Å². The van der Waals surface area contributed by atoms with Crippen molar-refractivity contribution in [1.29, 1.82) is 0 Å². The second-order valence-electron chi connectivity index (χ2n) is 8.30. The fraction of sp³-hybridized carbons (Fsp3) is 0.154. The molecule has 0 fully saturated rings. The van der Waals surface area contributed by atoms with Gasteiger partial charge in [-0.3, -0.25) is 4.98 Å². The van der Waals surface area contributed by atoms with Crippen LogP contribution in [-0.4, -0.2) is 29.8 Å². The fourth-order valence-corrected chi connectivity index (χ4v) is 5.87. The van der Waals surface area contributed by atoms with Crippen molar-refractivity contribution >= 4 is 49.8 Å². The Hall–Kier alpha value is -2.93. The first-order chi connectivity index (χ1) is 16.2. The molecular formula is C26H21Cl2N3O2S. The van der Waals surface area contributed by atoms with Gasteiger partial charge in [-0.05, 0) is 42.3 Å². The van der Waals surface area contributed by atoms with Gasteiger partial charge in [0, 0.05) is 38.7 Å². The lowest BCUT2D eigenvalue weighted by atomic mass is 9.89. The normalized spacial score (nSPS) is 16.2. The number of fused-ring (bicyclic) bond motifs is 1. The van der Waals surface area contributed by atoms with E-state index >= 15 is 0 Å². The number of hydrogen-bond donors (Lipinski definition) is 0. The first kappa shape index (κ1) is 22.8. The molecular weight excluding hydrogens is 489 g/mol. The number of pyridine rings is 1. The Morgan fingerprint density at radius 3 is 2.35 bits per heavy atom. The SMILES string of the molecule is Cc1nc2ccc(Cl)cc2c(-c2ccccc2)c1C1=NN(S(C)(=O)=O)[C@H](c2ccccc2Cl)C1. The second kappa shape index (κ2) is 8.69. The van der Waals surface area contributed by atoms with Gasteiger partial charge in [-0.1, -0.05) is 71.7 Å². The van der Waals surface area contributed by atoms with Crippen LogP contribution in [0, 0.1) is 6.92 Å². The standard InChI is InChI=1S/C26H21Cl2N3O2S/c1-16-25(23-15-24(31(30-23)34(2,32)33)19-10-6-7-11-21(19)28)26(17-8-4-3-5-9-17)20-14-18(27)12-13-22(20)29-16/h3-14,24H,15H2,1-2H3/t24-/m0/s1. The number of rotatable bonds is 4. The maximum atomic E-state index is 12.7. The summed E-state index contributed by atoms with van der Waals surface area (Å²) in [5.74, 6) is 0. The monoisotopic (exact) mass is 509 g/mol. The number of aromatic nitrogens is 1. The Morgan fingerprint density at radius 1 is 0.941 bits per heavy atom. The molecule has 1 aromatic heterocycles. The second-order valence-corrected chi connectivity index (χ2v) is 11.0. The van der Waals surface area contributed by atoms with E-state index in [1.165, 1.54) is 4.41 Å². The number of aryl methyl sites for hydroxylation is 1. The smallest absolute Gasteiger partial charge is 0.247 e. The zero-order valence-corrected chi connectivity index (χ0v) is 20.9. The zero-order chi connectivity index (χ0) is 24.0. The van der Waals surface area contributed by atoms with Crippen LogP contribution in [0.1, 0.15) is 29.3 Å². The quantitative estimate of drug-likeness (QED) is 0.310. The molecule has 4 aromatic rings. The van der Waals surface area contributed by atoms with Crippen molar-refractivity contribution in [2.75, 3.05) is 6.26 Å². The van der Waals surface area contributed by atoms with E-state index in [0.29, 0.717) is 27.7 Å². The highest BCUT2D eigenvalue weighted by Gasteiger charge is 2.37. The van der Waals surface area contributed by atoms with Crippen molar-refractivity contribution in [2.45, 2.75) is 19.4 Å². The van der Waals surface area contributed by atoms with Gasteiger partial charge in [0.15, 0.2) is 0 Å². The summed E-state index contributed by atoms with van der Waals surface area (Å²) in [4.78, 5) is 4.82. The Kier molecular flexibility index (Phi) is 5.84. The molecule has 1 aliphatic rings. The molecule has 0 spiro atoms. The average molecular weight is 510 g/mol. The van der Waals surface area contributed by atoms with E-state index < -0.39 is 16.1 Å². The van der Waals surface area contributed by atoms with Crippen LogP contribution in [0.5, 0.6) is 0 Å². The minimum atomic E-state index is -3.65. The highest BCUT2D eigenvalue weighted by atomic mass is 35.5. The third-order valence-electron chi connectivity index (χ3n) is 5.96. The molecule has 0 radical (unpaired) electrons. The lowest BCUT2D eigenvalue weighted by Crippen LogP contribution is -2.26. The van der Waals surface area contributed by atoms with Crippen molar-refractivity contribution in [3.63, 3.8) is 0 Å². The molecule has 0 aliphatic carbocycles. The van der Waals surface area contributed by atoms with Gasteiger partial charge in [-0.2, -0.15) is 9.52 Å². The molecule has 8 heteroatoms. The van der Waals surface area contributed by atoms with E-state index in [4.69, 9.17) is 28.2 Å². The van der Waals surface area contributed by atoms with Gasteiger partial charge in [-0.15, -0.1) is 0 Å². The summed E-state index contributed by atoms with van der Waals surface area (Å²) < 4.78 is 26.7. The molecule has 3 aromatic carbocycles. The molecule has 0 bridgehead atoms. The van der Waals surface area contributed by atoms with Gasteiger partial charge in [0.25, 0.3) is 0 Å². The summed E-state index contributed by atoms with van der Waals surface area (Å²) in [5.41, 5.74) is 5.64. The third kappa shape index (κ3) is 4.06. The molecule has 1 aliphatic heterocycles. The van der Waals surface area contributed by atoms with Crippen LogP contribution >= 0.6 is 23.2 Å². The number of halogens is 2. The molecule has 0 amide bonds. The molecule has 5 nitrogen and oxygen atoms in total. The predicted molar refractivity (Wildman–Crippen MR) is 139 cm³/mol. The number of benzene rings is 3. The first-order valence-electron chi connectivity index (χ1n) is 10.7. The number of hydrazone groups is 1. The van der Waals surface area contributed by atoms with Crippen molar-refractivity contribution in [3.8, 4) is 11.1 Å². The van der Waals surface area contributed by atoms with Gasteiger partial charge >= 0.3 is 0 Å². The van der Waals surface area contributed by atoms with E-state index in [0.717, 1.165) is 39.5 Å². The molecule has 0 saturated heterocycles. The van der Waals surface area contributed by atoms with E-state index in [9.17, 15) is 8.42 Å². The lowest BCUT2D eigenvalue weighted by Gasteiger charge is -2.22. The Labute approximate surface area is 208 Å². The van der Waals surface area contributed by atoms with Crippen LogP contribution in [0.4, 0.5) is 0 Å². The van der Waals surface area contributed by atoms with Gasteiger partial charge < -0.3 is 0 Å². The molecule has 0 saturated carbocycles. The third-order valence-corrected chi connectivity index (χ3v) is 7.55. The maximum Gasteiger partial charge on any atom is 0.247 e. The van der Waals surface area contributed by atoms with E-state index in [1.807, 2.05) is 73.7 Å². The summed E-state index contributed by atoms with van der Waals surface area (Å²) in [7, 11) is -3.65. The van der Waals surface area contributed by atoms with Gasteiger partial charge in [0.1, 0.15) is 0 Å². The molecule has 5 rings (SSSR count). The van der Waals surface area contributed by atoms with Crippen molar-refractivity contribution in [2.24, 2.45) is 5.10 Å². The molecule has 0 unspecified atom stereocenters. The van der Waals surface area contributed by atoms with Gasteiger partial charge in [-0.25, -0.2) is 8.42 Å². The Balaban J connectivity index is 1.78. The summed E-state index contributed by atoms with van der Waals surface area (Å²) in [6.45, 7) is 1.92. The lowest BCUT2D eigenvalue weighted by molar-refractivity contribution is 0.375. The molecule has 2 heterocycles. The molecule has 34 heavy (non-hydrogen) atoms. The van der Waals surface area contributed by atoms with Crippen molar-refractivity contribution in [3.05, 3.63) is 99.7 Å². The highest BCUT2D eigenvalue weighted by Crippen LogP contribution is 2.42. The highest BCUT2D eigenvalue weighted by molar-refractivity contribution is 7.88. The summed E-state index contributed by atoms with van der Waals surface area (Å²) in [5, 5.41) is 6.62. The van der Waals surface area contributed by atoms with Crippen LogP contribution in [0.3, 0.4) is 0 Å². The van der Waals surface area contributed by atoms with E-state index in [-0.39, 0.29) is 0 Å². The van der Waals surface area contributed by atoms with Crippen molar-refractivity contribution in [1.82, 2.24) is 9.40 Å². The minimum absolute atomic E-state index is 0.366. The first-order valence-corrected chi connectivity index (χ1v) is 13.3. The van der Waals surface area contributed by atoms with Crippen LogP contribution < -0.4 is 0 Å². The van der Waals surface area contributed by atoms with E-state index in [1.54, 1.807) is 6.07 Å². The topological polar surface area (TPSA) is 62.6 Å². The summed E-state index contributed by atoms with van der Waals surface area (Å²) in [6, 6.07) is 22.3. The minimum Gasteiger partial charge on any atom is -0.252 e. The Bertz CT molecular complexity index is 1550.